The predicted octanol–water partition coefficient (Wildman–Crippen LogP) is 0.555. The number of rotatable bonds is 0. The van der Waals surface area contributed by atoms with Crippen molar-refractivity contribution in [3.63, 3.8) is 0 Å². The Morgan fingerprint density at radius 1 is 1.58 bits per heavy atom. The van der Waals surface area contributed by atoms with Crippen LogP contribution in [0.25, 0.3) is 0 Å². The van der Waals surface area contributed by atoms with Gasteiger partial charge in [-0.3, -0.25) is 4.79 Å². The Morgan fingerprint density at radius 2 is 2.42 bits per heavy atom. The SMILES string of the molecule is O=C1C2CC=CC=C2NN[PH]1=O. The first-order chi connectivity index (χ1) is 5.79. The second-order valence-corrected chi connectivity index (χ2v) is 4.18. The lowest BCUT2D eigenvalue weighted by molar-refractivity contribution is -0.114. The lowest BCUT2D eigenvalue weighted by Gasteiger charge is -2.26. The van der Waals surface area contributed by atoms with Crippen LogP contribution < -0.4 is 10.6 Å². The van der Waals surface area contributed by atoms with Gasteiger partial charge in [0, 0.05) is 5.70 Å². The van der Waals surface area contributed by atoms with Crippen LogP contribution in [0.4, 0.5) is 0 Å². The maximum absolute atomic E-state index is 11.3. The first-order valence-electron chi connectivity index (χ1n) is 3.76. The number of hydrazine groups is 1. The van der Waals surface area contributed by atoms with Crippen molar-refractivity contribution < 1.29 is 9.36 Å². The third kappa shape index (κ3) is 1.13. The Kier molecular flexibility index (Phi) is 1.87. The van der Waals surface area contributed by atoms with Crippen molar-refractivity contribution in [2.24, 2.45) is 5.92 Å². The van der Waals surface area contributed by atoms with Crippen molar-refractivity contribution in [2.45, 2.75) is 6.42 Å². The lowest BCUT2D eigenvalue weighted by atomic mass is 9.98. The van der Waals surface area contributed by atoms with Crippen molar-refractivity contribution in [3.8, 4) is 0 Å². The zero-order valence-corrected chi connectivity index (χ0v) is 7.33. The van der Waals surface area contributed by atoms with Gasteiger partial charge >= 0.3 is 0 Å². The van der Waals surface area contributed by atoms with Gasteiger partial charge in [-0.25, -0.2) is 0 Å². The molecule has 0 radical (unpaired) electrons. The standard InChI is InChI=1S/C7H9N2O2P/c10-7-5-3-1-2-4-6(5)8-9-12(7)11/h1-2,4-5,8,12H,3H2,(H,9,11). The summed E-state index contributed by atoms with van der Waals surface area (Å²) in [6.07, 6.45) is 6.29. The van der Waals surface area contributed by atoms with Gasteiger partial charge in [0.2, 0.25) is 13.5 Å². The van der Waals surface area contributed by atoms with Gasteiger partial charge in [-0.05, 0) is 12.5 Å². The van der Waals surface area contributed by atoms with Crippen molar-refractivity contribution >= 4 is 13.5 Å². The van der Waals surface area contributed by atoms with Crippen molar-refractivity contribution in [1.29, 1.82) is 0 Å². The van der Waals surface area contributed by atoms with Gasteiger partial charge in [-0.2, -0.15) is 5.20 Å². The Morgan fingerprint density at radius 3 is 3.25 bits per heavy atom. The molecule has 0 saturated carbocycles. The van der Waals surface area contributed by atoms with Crippen LogP contribution in [-0.4, -0.2) is 5.52 Å². The predicted molar refractivity (Wildman–Crippen MR) is 45.6 cm³/mol. The van der Waals surface area contributed by atoms with E-state index in [-0.39, 0.29) is 11.4 Å². The molecule has 0 aromatic heterocycles. The van der Waals surface area contributed by atoms with Crippen LogP contribution >= 0.6 is 7.95 Å². The molecule has 0 aromatic carbocycles. The molecule has 5 heteroatoms. The molecule has 1 saturated heterocycles. The summed E-state index contributed by atoms with van der Waals surface area (Å²) >= 11 is 0. The normalized spacial score (nSPS) is 33.7. The zero-order valence-electron chi connectivity index (χ0n) is 6.33. The summed E-state index contributed by atoms with van der Waals surface area (Å²) in [5.41, 5.74) is 3.43. The van der Waals surface area contributed by atoms with Gasteiger partial charge < -0.3 is 9.99 Å². The molecule has 4 nitrogen and oxygen atoms in total. The number of fused-ring (bicyclic) bond motifs is 1. The number of nitrogens with one attached hydrogen (secondary N) is 2. The highest BCUT2D eigenvalue weighted by molar-refractivity contribution is 7.61. The second kappa shape index (κ2) is 2.88. The molecule has 2 aliphatic rings. The zero-order chi connectivity index (χ0) is 8.55. The van der Waals surface area contributed by atoms with E-state index in [1.165, 1.54) is 0 Å². The Labute approximate surface area is 70.5 Å². The van der Waals surface area contributed by atoms with E-state index in [0.29, 0.717) is 6.42 Å². The largest absolute Gasteiger partial charge is 0.319 e. The molecular formula is C7H9N2O2P. The summed E-state index contributed by atoms with van der Waals surface area (Å²) in [5, 5.41) is 2.48. The average molecular weight is 184 g/mol. The third-order valence-corrected chi connectivity index (χ3v) is 3.17. The van der Waals surface area contributed by atoms with Gasteiger partial charge in [0.1, 0.15) is 0 Å². The average Bonchev–Trinajstić information content (AvgIpc) is 2.12. The highest BCUT2D eigenvalue weighted by atomic mass is 31.1. The van der Waals surface area contributed by atoms with Gasteiger partial charge in [0.05, 0.1) is 5.92 Å². The van der Waals surface area contributed by atoms with E-state index in [0.717, 1.165) is 5.70 Å². The fraction of sp³-hybridized carbons (Fsp3) is 0.286. The smallest absolute Gasteiger partial charge is 0.216 e. The first-order valence-corrected chi connectivity index (χ1v) is 5.17. The molecule has 2 rings (SSSR count). The Hall–Kier alpha value is -0.860. The van der Waals surface area contributed by atoms with E-state index in [9.17, 15) is 9.36 Å². The van der Waals surface area contributed by atoms with Crippen LogP contribution in [-0.2, 0) is 9.36 Å². The number of hydrogen-bond acceptors (Lipinski definition) is 3. The summed E-state index contributed by atoms with van der Waals surface area (Å²) in [4.78, 5) is 11.3. The minimum absolute atomic E-state index is 0.172. The number of carbonyl (C=O) groups excluding carboxylic acids is 1. The highest BCUT2D eigenvalue weighted by Crippen LogP contribution is 2.33. The lowest BCUT2D eigenvalue weighted by Crippen LogP contribution is -2.39. The molecule has 0 aromatic rings. The first kappa shape index (κ1) is 7.77. The van der Waals surface area contributed by atoms with Crippen molar-refractivity contribution in [1.82, 2.24) is 10.6 Å². The fourth-order valence-electron chi connectivity index (χ4n) is 1.36. The van der Waals surface area contributed by atoms with E-state index in [1.54, 1.807) is 0 Å². The number of allylic oxidation sites excluding steroid dienone is 4. The maximum Gasteiger partial charge on any atom is 0.216 e. The molecule has 2 N–H and O–H groups in total. The molecule has 0 spiro atoms. The fourth-order valence-corrected chi connectivity index (χ4v) is 2.33. The van der Waals surface area contributed by atoms with Gasteiger partial charge in [-0.15, -0.1) is 0 Å². The van der Waals surface area contributed by atoms with Gasteiger partial charge in [0.25, 0.3) is 0 Å². The van der Waals surface area contributed by atoms with E-state index in [1.807, 2.05) is 18.2 Å². The quantitative estimate of drug-likeness (QED) is 0.540. The van der Waals surface area contributed by atoms with Gasteiger partial charge in [0.15, 0.2) is 0 Å². The van der Waals surface area contributed by atoms with Crippen LogP contribution in [0, 0.1) is 5.92 Å². The minimum Gasteiger partial charge on any atom is -0.319 e. The summed E-state index contributed by atoms with van der Waals surface area (Å²) in [7, 11) is -2.26. The summed E-state index contributed by atoms with van der Waals surface area (Å²) in [6, 6.07) is 0. The number of carbonyl (C=O) groups is 1. The van der Waals surface area contributed by atoms with E-state index >= 15 is 0 Å². The molecule has 0 bridgehead atoms. The van der Waals surface area contributed by atoms with Crippen LogP contribution in [0.2, 0.25) is 0 Å². The molecule has 1 heterocycles. The maximum atomic E-state index is 11.3. The van der Waals surface area contributed by atoms with Crippen LogP contribution in [0.1, 0.15) is 6.42 Å². The molecule has 12 heavy (non-hydrogen) atoms. The molecule has 64 valence electrons. The van der Waals surface area contributed by atoms with Crippen LogP contribution in [0.3, 0.4) is 0 Å². The molecule has 2 unspecified atom stereocenters. The molecule has 0 amide bonds. The Bertz CT molecular complexity index is 309. The van der Waals surface area contributed by atoms with Crippen molar-refractivity contribution in [2.75, 3.05) is 0 Å². The molecular weight excluding hydrogens is 175 g/mol. The van der Waals surface area contributed by atoms with E-state index in [4.69, 9.17) is 0 Å². The van der Waals surface area contributed by atoms with Gasteiger partial charge in [-0.1, -0.05) is 12.2 Å². The van der Waals surface area contributed by atoms with Crippen LogP contribution in [0.15, 0.2) is 23.9 Å². The number of hydrogen-bond donors (Lipinski definition) is 2. The molecule has 1 aliphatic carbocycles. The molecule has 1 fully saturated rings. The second-order valence-electron chi connectivity index (χ2n) is 2.78. The molecule has 1 aliphatic heterocycles. The topological polar surface area (TPSA) is 58.2 Å². The van der Waals surface area contributed by atoms with E-state index in [2.05, 4.69) is 10.6 Å². The Balaban J connectivity index is 2.30. The summed E-state index contributed by atoms with van der Waals surface area (Å²) in [5.74, 6) is -0.206. The minimum atomic E-state index is -2.26. The highest BCUT2D eigenvalue weighted by Gasteiger charge is 2.31. The van der Waals surface area contributed by atoms with Crippen molar-refractivity contribution in [3.05, 3.63) is 23.9 Å². The third-order valence-electron chi connectivity index (χ3n) is 2.02. The summed E-state index contributed by atoms with van der Waals surface area (Å²) < 4.78 is 11.1. The summed E-state index contributed by atoms with van der Waals surface area (Å²) in [6.45, 7) is 0. The molecule has 2 atom stereocenters. The monoisotopic (exact) mass is 184 g/mol. The van der Waals surface area contributed by atoms with Crippen LogP contribution in [0.5, 0.6) is 0 Å². The van der Waals surface area contributed by atoms with E-state index < -0.39 is 7.95 Å².